The maximum atomic E-state index is 12.9. The van der Waals surface area contributed by atoms with Crippen molar-refractivity contribution in [2.24, 2.45) is 7.05 Å². The zero-order valence-electron chi connectivity index (χ0n) is 16.1. The Balaban J connectivity index is 1.46. The van der Waals surface area contributed by atoms with Gasteiger partial charge in [-0.15, -0.1) is 0 Å². The predicted molar refractivity (Wildman–Crippen MR) is 116 cm³/mol. The van der Waals surface area contributed by atoms with Crippen molar-refractivity contribution in [3.05, 3.63) is 95.2 Å². The van der Waals surface area contributed by atoms with Gasteiger partial charge in [-0.05, 0) is 30.3 Å². The second-order valence-electron chi connectivity index (χ2n) is 6.93. The maximum absolute atomic E-state index is 12.9. The molecule has 0 saturated carbocycles. The Kier molecular flexibility index (Phi) is 4.14. The lowest BCUT2D eigenvalue weighted by molar-refractivity contribution is 0.102. The Morgan fingerprint density at radius 1 is 0.933 bits per heavy atom. The van der Waals surface area contributed by atoms with Crippen LogP contribution in [0, 0.1) is 0 Å². The number of para-hydroxylation sites is 3. The highest BCUT2D eigenvalue weighted by Gasteiger charge is 2.14. The lowest BCUT2D eigenvalue weighted by Crippen LogP contribution is -2.21. The molecule has 0 aliphatic rings. The van der Waals surface area contributed by atoms with Crippen molar-refractivity contribution >= 4 is 33.5 Å². The molecule has 0 radical (unpaired) electrons. The van der Waals surface area contributed by atoms with E-state index in [1.165, 1.54) is 10.6 Å². The van der Waals surface area contributed by atoms with Crippen molar-refractivity contribution in [2.75, 3.05) is 5.32 Å². The third-order valence-corrected chi connectivity index (χ3v) is 5.10. The molecule has 7 heteroatoms. The highest BCUT2D eigenvalue weighted by atomic mass is 16.2. The van der Waals surface area contributed by atoms with E-state index in [2.05, 4.69) is 15.3 Å². The summed E-state index contributed by atoms with van der Waals surface area (Å²) in [6.45, 7) is 0. The number of pyridine rings is 2. The molecule has 0 bridgehead atoms. The number of nitrogens with zero attached hydrogens (tertiary/aromatic N) is 4. The Hall–Kier alpha value is -4.26. The average molecular weight is 395 g/mol. The van der Waals surface area contributed by atoms with Gasteiger partial charge in [0.25, 0.3) is 11.5 Å². The molecule has 3 aromatic heterocycles. The minimum atomic E-state index is -0.355. The van der Waals surface area contributed by atoms with E-state index in [0.717, 1.165) is 11.0 Å². The molecule has 2 aromatic carbocycles. The Labute approximate surface area is 171 Å². The van der Waals surface area contributed by atoms with E-state index in [0.29, 0.717) is 28.0 Å². The first kappa shape index (κ1) is 17.8. The smallest absolute Gasteiger partial charge is 0.256 e. The number of rotatable bonds is 3. The summed E-state index contributed by atoms with van der Waals surface area (Å²) in [5.74, 6) is 0.340. The topological polar surface area (TPSA) is 81.8 Å². The molecule has 0 saturated heterocycles. The molecule has 0 fully saturated rings. The molecule has 0 aliphatic carbocycles. The molecule has 3 heterocycles. The van der Waals surface area contributed by atoms with Crippen LogP contribution in [0.4, 0.5) is 5.69 Å². The zero-order valence-corrected chi connectivity index (χ0v) is 16.1. The minimum Gasteiger partial charge on any atom is -0.321 e. The van der Waals surface area contributed by atoms with Gasteiger partial charge in [-0.2, -0.15) is 0 Å². The minimum absolute atomic E-state index is 0.237. The SMILES string of the molecule is Cn1c(=O)cc(C(=O)Nc2ccc(-n3cnc4ccccc43)nc2)c2ccccc21. The number of amides is 1. The molecular formula is C23H17N5O2. The number of hydrogen-bond donors (Lipinski definition) is 1. The van der Waals surface area contributed by atoms with E-state index < -0.39 is 0 Å². The molecule has 0 unspecified atom stereocenters. The summed E-state index contributed by atoms with van der Waals surface area (Å²) < 4.78 is 3.41. The number of imidazole rings is 1. The normalized spacial score (nSPS) is 11.1. The molecule has 0 atom stereocenters. The highest BCUT2D eigenvalue weighted by Crippen LogP contribution is 2.20. The van der Waals surface area contributed by atoms with Crippen molar-refractivity contribution in [1.82, 2.24) is 19.1 Å². The van der Waals surface area contributed by atoms with E-state index in [4.69, 9.17) is 0 Å². The van der Waals surface area contributed by atoms with Gasteiger partial charge in [-0.1, -0.05) is 30.3 Å². The van der Waals surface area contributed by atoms with Crippen molar-refractivity contribution in [3.8, 4) is 5.82 Å². The quantitative estimate of drug-likeness (QED) is 0.507. The van der Waals surface area contributed by atoms with Crippen molar-refractivity contribution in [3.63, 3.8) is 0 Å². The number of nitrogens with one attached hydrogen (secondary N) is 1. The predicted octanol–water partition coefficient (Wildman–Crippen LogP) is 3.52. The molecule has 5 aromatic rings. The fourth-order valence-electron chi connectivity index (χ4n) is 3.54. The van der Waals surface area contributed by atoms with Gasteiger partial charge in [0.1, 0.15) is 12.1 Å². The van der Waals surface area contributed by atoms with Crippen LogP contribution in [0.2, 0.25) is 0 Å². The number of aromatic nitrogens is 4. The number of aryl methyl sites for hydroxylation is 1. The lowest BCUT2D eigenvalue weighted by atomic mass is 10.1. The summed E-state index contributed by atoms with van der Waals surface area (Å²) in [6, 6.07) is 20.1. The summed E-state index contributed by atoms with van der Waals surface area (Å²) in [4.78, 5) is 34.0. The number of carbonyl (C=O) groups excluding carboxylic acids is 1. The van der Waals surface area contributed by atoms with Crippen LogP contribution in [0.25, 0.3) is 27.8 Å². The van der Waals surface area contributed by atoms with Crippen LogP contribution in [0.3, 0.4) is 0 Å². The summed E-state index contributed by atoms with van der Waals surface area (Å²) in [6.07, 6.45) is 3.31. The fraction of sp³-hybridized carbons (Fsp3) is 0.0435. The first-order valence-electron chi connectivity index (χ1n) is 9.40. The molecule has 30 heavy (non-hydrogen) atoms. The van der Waals surface area contributed by atoms with E-state index in [1.54, 1.807) is 25.6 Å². The zero-order chi connectivity index (χ0) is 20.7. The van der Waals surface area contributed by atoms with Gasteiger partial charge in [0.2, 0.25) is 0 Å². The molecule has 0 aliphatic heterocycles. The summed E-state index contributed by atoms with van der Waals surface area (Å²) in [7, 11) is 1.69. The summed E-state index contributed by atoms with van der Waals surface area (Å²) in [5, 5.41) is 3.55. The van der Waals surface area contributed by atoms with Gasteiger partial charge in [-0.25, -0.2) is 9.97 Å². The second-order valence-corrected chi connectivity index (χ2v) is 6.93. The third-order valence-electron chi connectivity index (χ3n) is 5.10. The Morgan fingerprint density at radius 2 is 1.70 bits per heavy atom. The van der Waals surface area contributed by atoms with Crippen LogP contribution in [-0.4, -0.2) is 25.0 Å². The van der Waals surface area contributed by atoms with E-state index in [9.17, 15) is 9.59 Å². The lowest BCUT2D eigenvalue weighted by Gasteiger charge is -2.11. The van der Waals surface area contributed by atoms with Crippen LogP contribution in [0.5, 0.6) is 0 Å². The fourth-order valence-corrected chi connectivity index (χ4v) is 3.54. The number of fused-ring (bicyclic) bond motifs is 2. The number of hydrogen-bond acceptors (Lipinski definition) is 4. The Bertz CT molecular complexity index is 1470. The standard InChI is InChI=1S/C23H17N5O2/c1-27-19-8-4-2-6-16(19)17(12-22(27)29)23(30)26-15-10-11-21(24-13-15)28-14-25-18-7-3-5-9-20(18)28/h2-14H,1H3,(H,26,30). The largest absolute Gasteiger partial charge is 0.321 e. The first-order valence-corrected chi connectivity index (χ1v) is 9.40. The van der Waals surface area contributed by atoms with Gasteiger partial charge in [-0.3, -0.25) is 14.2 Å². The van der Waals surface area contributed by atoms with E-state index in [-0.39, 0.29) is 11.5 Å². The number of benzene rings is 2. The molecule has 0 spiro atoms. The maximum Gasteiger partial charge on any atom is 0.256 e. The van der Waals surface area contributed by atoms with Gasteiger partial charge in [0, 0.05) is 18.5 Å². The van der Waals surface area contributed by atoms with Crippen molar-refractivity contribution < 1.29 is 4.79 Å². The molecule has 1 N–H and O–H groups in total. The van der Waals surface area contributed by atoms with E-state index >= 15 is 0 Å². The number of carbonyl (C=O) groups is 1. The summed E-state index contributed by atoms with van der Waals surface area (Å²) >= 11 is 0. The van der Waals surface area contributed by atoms with Gasteiger partial charge >= 0.3 is 0 Å². The van der Waals surface area contributed by atoms with Crippen LogP contribution in [-0.2, 0) is 7.05 Å². The molecule has 5 rings (SSSR count). The molecular weight excluding hydrogens is 378 g/mol. The average Bonchev–Trinajstić information content (AvgIpc) is 3.21. The van der Waals surface area contributed by atoms with Crippen molar-refractivity contribution in [1.29, 1.82) is 0 Å². The second kappa shape index (κ2) is 6.97. The number of anilines is 1. The first-order chi connectivity index (χ1) is 14.6. The van der Waals surface area contributed by atoms with E-state index in [1.807, 2.05) is 59.2 Å². The van der Waals surface area contributed by atoms with Crippen molar-refractivity contribution in [2.45, 2.75) is 0 Å². The molecule has 1 amide bonds. The molecule has 7 nitrogen and oxygen atoms in total. The third kappa shape index (κ3) is 2.93. The monoisotopic (exact) mass is 395 g/mol. The van der Waals surface area contributed by atoms with Gasteiger partial charge in [0.15, 0.2) is 0 Å². The van der Waals surface area contributed by atoms with Crippen LogP contribution < -0.4 is 10.9 Å². The van der Waals surface area contributed by atoms with Crippen LogP contribution >= 0.6 is 0 Å². The summed E-state index contributed by atoms with van der Waals surface area (Å²) in [5.41, 5.74) is 3.17. The van der Waals surface area contributed by atoms with Gasteiger partial charge < -0.3 is 9.88 Å². The Morgan fingerprint density at radius 3 is 2.50 bits per heavy atom. The van der Waals surface area contributed by atoms with Crippen LogP contribution in [0.1, 0.15) is 10.4 Å². The van der Waals surface area contributed by atoms with Gasteiger partial charge in [0.05, 0.1) is 34.0 Å². The van der Waals surface area contributed by atoms with Crippen LogP contribution in [0.15, 0.2) is 84.0 Å². The molecule has 146 valence electrons. The highest BCUT2D eigenvalue weighted by molar-refractivity contribution is 6.12.